The Morgan fingerprint density at radius 1 is 1.50 bits per heavy atom. The molecule has 0 aromatic carbocycles. The number of pyridine rings is 1. The van der Waals surface area contributed by atoms with Crippen molar-refractivity contribution in [2.75, 3.05) is 18.0 Å². The molecule has 0 radical (unpaired) electrons. The molecule has 0 spiro atoms. The van der Waals surface area contributed by atoms with Crippen LogP contribution in [0.3, 0.4) is 0 Å². The lowest BCUT2D eigenvalue weighted by molar-refractivity contribution is -0.0118. The molecule has 1 aromatic heterocycles. The summed E-state index contributed by atoms with van der Waals surface area (Å²) in [7, 11) is 0. The van der Waals surface area contributed by atoms with E-state index in [1.54, 1.807) is 11.1 Å². The van der Waals surface area contributed by atoms with Gasteiger partial charge in [-0.15, -0.1) is 0 Å². The van der Waals surface area contributed by atoms with Crippen molar-refractivity contribution in [3.05, 3.63) is 22.3 Å². The number of hydrogen-bond acceptors (Lipinski definition) is 2. The quantitative estimate of drug-likeness (QED) is 0.788. The van der Waals surface area contributed by atoms with E-state index < -0.39 is 5.92 Å². The Bertz CT molecular complexity index is 396. The maximum Gasteiger partial charge on any atom is 0.265 e. The Balaban J connectivity index is 2.27. The van der Waals surface area contributed by atoms with Crippen LogP contribution in [0.5, 0.6) is 0 Å². The fourth-order valence-electron chi connectivity index (χ4n) is 1.89. The first kappa shape index (κ1) is 11.8. The fourth-order valence-corrected chi connectivity index (χ4v) is 2.38. The second kappa shape index (κ2) is 4.28. The van der Waals surface area contributed by atoms with Gasteiger partial charge in [0.15, 0.2) is 0 Å². The van der Waals surface area contributed by atoms with Crippen molar-refractivity contribution in [1.29, 1.82) is 0 Å². The van der Waals surface area contributed by atoms with Gasteiger partial charge in [0.1, 0.15) is 5.82 Å². The van der Waals surface area contributed by atoms with Gasteiger partial charge in [-0.3, -0.25) is 0 Å². The molecule has 1 aliphatic rings. The summed E-state index contributed by atoms with van der Waals surface area (Å²) < 4.78 is 27.4. The summed E-state index contributed by atoms with van der Waals surface area (Å²) in [6.45, 7) is 2.34. The number of rotatable bonds is 1. The van der Waals surface area contributed by atoms with Crippen LogP contribution in [0.4, 0.5) is 14.6 Å². The topological polar surface area (TPSA) is 16.1 Å². The Hall–Kier alpha value is -0.710. The van der Waals surface area contributed by atoms with Crippen molar-refractivity contribution in [1.82, 2.24) is 4.98 Å². The van der Waals surface area contributed by atoms with Gasteiger partial charge in [-0.25, -0.2) is 13.8 Å². The summed E-state index contributed by atoms with van der Waals surface area (Å²) >= 11 is 3.40. The molecular weight excluding hydrogens is 278 g/mol. The van der Waals surface area contributed by atoms with E-state index in [4.69, 9.17) is 0 Å². The second-order valence-electron chi connectivity index (χ2n) is 4.15. The fraction of sp³-hybridized carbons (Fsp3) is 0.545. The minimum atomic E-state index is -2.59. The molecule has 1 fully saturated rings. The molecule has 0 amide bonds. The van der Waals surface area contributed by atoms with Crippen LogP contribution in [-0.2, 0) is 0 Å². The third kappa shape index (κ3) is 2.34. The van der Waals surface area contributed by atoms with Gasteiger partial charge < -0.3 is 4.90 Å². The SMILES string of the molecule is Cc1ccnc(N2CCCC(F)(F)C2)c1Br. The van der Waals surface area contributed by atoms with E-state index in [2.05, 4.69) is 20.9 Å². The van der Waals surface area contributed by atoms with Crippen molar-refractivity contribution < 1.29 is 8.78 Å². The zero-order valence-corrected chi connectivity index (χ0v) is 10.6. The molecule has 2 nitrogen and oxygen atoms in total. The smallest absolute Gasteiger partial charge is 0.265 e. The molecule has 16 heavy (non-hydrogen) atoms. The average Bonchev–Trinajstić information content (AvgIpc) is 2.20. The van der Waals surface area contributed by atoms with E-state index in [9.17, 15) is 8.78 Å². The highest BCUT2D eigenvalue weighted by atomic mass is 79.9. The molecule has 0 atom stereocenters. The van der Waals surface area contributed by atoms with Crippen LogP contribution >= 0.6 is 15.9 Å². The lowest BCUT2D eigenvalue weighted by atomic mass is 10.1. The van der Waals surface area contributed by atoms with Crippen LogP contribution in [-0.4, -0.2) is 24.0 Å². The summed E-state index contributed by atoms with van der Waals surface area (Å²) in [5.74, 6) is -1.97. The molecule has 0 bridgehead atoms. The van der Waals surface area contributed by atoms with Crippen LogP contribution < -0.4 is 4.90 Å². The van der Waals surface area contributed by atoms with Gasteiger partial charge in [-0.05, 0) is 40.9 Å². The Labute approximate surface area is 102 Å². The Morgan fingerprint density at radius 2 is 2.25 bits per heavy atom. The summed E-state index contributed by atoms with van der Waals surface area (Å²) in [6, 6.07) is 1.86. The molecular formula is C11H13BrF2N2. The molecule has 88 valence electrons. The largest absolute Gasteiger partial charge is 0.350 e. The van der Waals surface area contributed by atoms with Crippen LogP contribution in [0.15, 0.2) is 16.7 Å². The third-order valence-electron chi connectivity index (χ3n) is 2.76. The van der Waals surface area contributed by atoms with Crippen LogP contribution in [0.25, 0.3) is 0 Å². The van der Waals surface area contributed by atoms with E-state index in [-0.39, 0.29) is 13.0 Å². The standard InChI is InChI=1S/C11H13BrF2N2/c1-8-3-5-15-10(9(8)12)16-6-2-4-11(13,14)7-16/h3,5H,2,4,6-7H2,1H3. The molecule has 1 aliphatic heterocycles. The molecule has 2 rings (SSSR count). The summed E-state index contributed by atoms with van der Waals surface area (Å²) in [5.41, 5.74) is 1.01. The molecule has 0 unspecified atom stereocenters. The second-order valence-corrected chi connectivity index (χ2v) is 4.94. The summed E-state index contributed by atoms with van der Waals surface area (Å²) in [4.78, 5) is 5.83. The van der Waals surface area contributed by atoms with E-state index in [1.807, 2.05) is 13.0 Å². The van der Waals surface area contributed by atoms with Gasteiger partial charge in [-0.1, -0.05) is 0 Å². The van der Waals surface area contributed by atoms with E-state index in [0.717, 1.165) is 10.0 Å². The van der Waals surface area contributed by atoms with Crippen molar-refractivity contribution in [2.24, 2.45) is 0 Å². The Kier molecular flexibility index (Phi) is 3.15. The molecule has 0 saturated carbocycles. The maximum atomic E-state index is 13.3. The highest BCUT2D eigenvalue weighted by Gasteiger charge is 2.36. The number of nitrogens with zero attached hydrogens (tertiary/aromatic N) is 2. The zero-order chi connectivity index (χ0) is 11.8. The van der Waals surface area contributed by atoms with Gasteiger partial charge in [-0.2, -0.15) is 0 Å². The van der Waals surface area contributed by atoms with Crippen molar-refractivity contribution >= 4 is 21.7 Å². The highest BCUT2D eigenvalue weighted by molar-refractivity contribution is 9.10. The molecule has 0 aliphatic carbocycles. The van der Waals surface area contributed by atoms with E-state index >= 15 is 0 Å². The number of piperidine rings is 1. The monoisotopic (exact) mass is 290 g/mol. The summed E-state index contributed by atoms with van der Waals surface area (Å²) in [6.07, 6.45) is 2.14. The van der Waals surface area contributed by atoms with Crippen molar-refractivity contribution in [2.45, 2.75) is 25.7 Å². The van der Waals surface area contributed by atoms with Crippen LogP contribution in [0.2, 0.25) is 0 Å². The number of aromatic nitrogens is 1. The zero-order valence-electron chi connectivity index (χ0n) is 9.01. The van der Waals surface area contributed by atoms with Gasteiger partial charge in [0, 0.05) is 19.2 Å². The molecule has 2 heterocycles. The van der Waals surface area contributed by atoms with Crippen molar-refractivity contribution in [3.63, 3.8) is 0 Å². The number of anilines is 1. The lowest BCUT2D eigenvalue weighted by Crippen LogP contribution is -2.43. The molecule has 5 heteroatoms. The number of alkyl halides is 2. The predicted molar refractivity (Wildman–Crippen MR) is 63.1 cm³/mol. The predicted octanol–water partition coefficient (Wildman–Crippen LogP) is 3.39. The number of halogens is 3. The third-order valence-corrected chi connectivity index (χ3v) is 3.74. The van der Waals surface area contributed by atoms with Gasteiger partial charge >= 0.3 is 0 Å². The molecule has 1 aromatic rings. The average molecular weight is 291 g/mol. The highest BCUT2D eigenvalue weighted by Crippen LogP contribution is 2.33. The molecule has 0 N–H and O–H groups in total. The minimum Gasteiger partial charge on any atom is -0.350 e. The minimum absolute atomic E-state index is 0.0209. The molecule has 1 saturated heterocycles. The first-order valence-corrected chi connectivity index (χ1v) is 6.03. The van der Waals surface area contributed by atoms with Crippen molar-refractivity contribution in [3.8, 4) is 0 Å². The van der Waals surface area contributed by atoms with Crippen LogP contribution in [0, 0.1) is 6.92 Å². The maximum absolute atomic E-state index is 13.3. The normalized spacial score (nSPS) is 19.9. The lowest BCUT2D eigenvalue weighted by Gasteiger charge is -2.33. The van der Waals surface area contributed by atoms with Crippen LogP contribution in [0.1, 0.15) is 18.4 Å². The number of hydrogen-bond donors (Lipinski definition) is 0. The first-order valence-electron chi connectivity index (χ1n) is 5.23. The first-order chi connectivity index (χ1) is 7.49. The van der Waals surface area contributed by atoms with Gasteiger partial charge in [0.25, 0.3) is 5.92 Å². The van der Waals surface area contributed by atoms with E-state index in [0.29, 0.717) is 18.8 Å². The van der Waals surface area contributed by atoms with Gasteiger partial charge in [0.2, 0.25) is 0 Å². The number of aryl methyl sites for hydroxylation is 1. The summed E-state index contributed by atoms with van der Waals surface area (Å²) in [5, 5.41) is 0. The Morgan fingerprint density at radius 3 is 2.94 bits per heavy atom. The van der Waals surface area contributed by atoms with E-state index in [1.165, 1.54) is 0 Å². The van der Waals surface area contributed by atoms with Gasteiger partial charge in [0.05, 0.1) is 11.0 Å².